The van der Waals surface area contributed by atoms with Crippen LogP contribution in [0, 0.1) is 5.82 Å². The monoisotopic (exact) mass is 437 g/mol. The van der Waals surface area contributed by atoms with Gasteiger partial charge in [0.2, 0.25) is 5.91 Å². The molecule has 0 spiro atoms. The molecule has 3 rings (SSSR count). The quantitative estimate of drug-likeness (QED) is 0.565. The highest BCUT2D eigenvalue weighted by molar-refractivity contribution is 5.95. The molecule has 7 nitrogen and oxygen atoms in total. The van der Waals surface area contributed by atoms with E-state index in [1.54, 1.807) is 21.7 Å². The molecule has 0 atom stereocenters. The molecular weight excluding hydrogens is 409 g/mol. The van der Waals surface area contributed by atoms with Gasteiger partial charge in [-0.15, -0.1) is 0 Å². The molecule has 2 amide bonds. The van der Waals surface area contributed by atoms with Crippen molar-refractivity contribution in [1.82, 2.24) is 20.0 Å². The third-order valence-corrected chi connectivity index (χ3v) is 4.79. The minimum Gasteiger partial charge on any atom is -0.348 e. The number of halogens is 1. The largest absolute Gasteiger partial charge is 0.348 e. The fraction of sp³-hybridized carbons (Fsp3) is 0.292. The lowest BCUT2D eigenvalue weighted by Gasteiger charge is -2.13. The van der Waals surface area contributed by atoms with Crippen LogP contribution in [0.2, 0.25) is 0 Å². The van der Waals surface area contributed by atoms with Gasteiger partial charge in [-0.1, -0.05) is 26.0 Å². The predicted molar refractivity (Wildman–Crippen MR) is 122 cm³/mol. The summed E-state index contributed by atoms with van der Waals surface area (Å²) < 4.78 is 15.0. The zero-order valence-electron chi connectivity index (χ0n) is 18.7. The summed E-state index contributed by atoms with van der Waals surface area (Å²) in [5, 5.41) is 10.1. The molecule has 1 aromatic heterocycles. The molecule has 2 N–H and O–H groups in total. The first-order chi connectivity index (χ1) is 15.2. The lowest BCUT2D eigenvalue weighted by atomic mass is 10.0. The Morgan fingerprint density at radius 1 is 1.12 bits per heavy atom. The van der Waals surface area contributed by atoms with Crippen molar-refractivity contribution in [2.45, 2.75) is 26.3 Å². The summed E-state index contributed by atoms with van der Waals surface area (Å²) >= 11 is 0. The van der Waals surface area contributed by atoms with Gasteiger partial charge in [0.15, 0.2) is 0 Å². The average Bonchev–Trinajstić information content (AvgIpc) is 3.18. The smallest absolute Gasteiger partial charge is 0.255 e. The molecule has 0 unspecified atom stereocenters. The fourth-order valence-electron chi connectivity index (χ4n) is 3.40. The Labute approximate surface area is 187 Å². The van der Waals surface area contributed by atoms with Crippen molar-refractivity contribution in [2.75, 3.05) is 26.0 Å². The maximum absolute atomic E-state index is 13.3. The molecule has 0 radical (unpaired) electrons. The highest BCUT2D eigenvalue weighted by Gasteiger charge is 2.21. The normalized spacial score (nSPS) is 11.1. The standard InChI is InChI=1S/C24H28FN5O2/c1-16(2)23-21(14-27-30(23)20-10-8-18(25)9-11-20)24(32)26-13-17-6-5-7-19(12-17)28-22(31)15-29(3)4/h5-12,14,16H,13,15H2,1-4H3,(H,26,32)(H,28,31). The van der Waals surface area contributed by atoms with Gasteiger partial charge in [-0.3, -0.25) is 9.59 Å². The Bertz CT molecular complexity index is 1090. The van der Waals surface area contributed by atoms with Crippen molar-refractivity contribution < 1.29 is 14.0 Å². The Balaban J connectivity index is 1.72. The van der Waals surface area contributed by atoms with Gasteiger partial charge in [-0.05, 0) is 62.0 Å². The van der Waals surface area contributed by atoms with Gasteiger partial charge >= 0.3 is 0 Å². The van der Waals surface area contributed by atoms with Crippen LogP contribution in [0.4, 0.5) is 10.1 Å². The number of anilines is 1. The van der Waals surface area contributed by atoms with Crippen molar-refractivity contribution in [3.05, 3.63) is 77.4 Å². The van der Waals surface area contributed by atoms with E-state index in [9.17, 15) is 14.0 Å². The average molecular weight is 438 g/mol. The van der Waals surface area contributed by atoms with E-state index in [1.165, 1.54) is 18.3 Å². The number of rotatable bonds is 8. The van der Waals surface area contributed by atoms with E-state index in [0.717, 1.165) is 11.3 Å². The molecule has 0 fully saturated rings. The molecule has 1 heterocycles. The van der Waals surface area contributed by atoms with Crippen LogP contribution in [0.1, 0.15) is 41.4 Å². The zero-order chi connectivity index (χ0) is 23.3. The van der Waals surface area contributed by atoms with Crippen molar-refractivity contribution in [2.24, 2.45) is 0 Å². The minimum atomic E-state index is -0.329. The van der Waals surface area contributed by atoms with E-state index in [1.807, 2.05) is 52.2 Å². The summed E-state index contributed by atoms with van der Waals surface area (Å²) in [7, 11) is 3.66. The Morgan fingerprint density at radius 3 is 2.50 bits per heavy atom. The highest BCUT2D eigenvalue weighted by Crippen LogP contribution is 2.23. The Morgan fingerprint density at radius 2 is 1.84 bits per heavy atom. The molecule has 0 aliphatic heterocycles. The Kier molecular flexibility index (Phi) is 7.37. The first kappa shape index (κ1) is 23.1. The molecular formula is C24H28FN5O2. The second-order valence-electron chi connectivity index (χ2n) is 8.16. The maximum Gasteiger partial charge on any atom is 0.255 e. The van der Waals surface area contributed by atoms with Gasteiger partial charge in [0.25, 0.3) is 5.91 Å². The summed E-state index contributed by atoms with van der Waals surface area (Å²) in [6.45, 7) is 4.55. The van der Waals surface area contributed by atoms with Gasteiger partial charge in [0.1, 0.15) is 5.82 Å². The lowest BCUT2D eigenvalue weighted by Crippen LogP contribution is -2.27. The molecule has 0 bridgehead atoms. The van der Waals surface area contributed by atoms with Crippen LogP contribution in [0.5, 0.6) is 0 Å². The van der Waals surface area contributed by atoms with Crippen LogP contribution in [0.3, 0.4) is 0 Å². The number of amides is 2. The fourth-order valence-corrected chi connectivity index (χ4v) is 3.40. The molecule has 0 saturated carbocycles. The second-order valence-corrected chi connectivity index (χ2v) is 8.16. The van der Waals surface area contributed by atoms with Gasteiger partial charge in [0, 0.05) is 12.2 Å². The number of benzene rings is 2. The van der Waals surface area contributed by atoms with Crippen LogP contribution in [-0.2, 0) is 11.3 Å². The summed E-state index contributed by atoms with van der Waals surface area (Å²) in [4.78, 5) is 26.7. The number of carbonyl (C=O) groups is 2. The van der Waals surface area contributed by atoms with Crippen LogP contribution >= 0.6 is 0 Å². The topological polar surface area (TPSA) is 79.3 Å². The van der Waals surface area contributed by atoms with Gasteiger partial charge in [0.05, 0.1) is 29.7 Å². The van der Waals surface area contributed by atoms with E-state index >= 15 is 0 Å². The summed E-state index contributed by atoms with van der Waals surface area (Å²) in [6.07, 6.45) is 1.53. The van der Waals surface area contributed by atoms with Crippen LogP contribution in [0.25, 0.3) is 5.69 Å². The maximum atomic E-state index is 13.3. The predicted octanol–water partition coefficient (Wildman–Crippen LogP) is 3.56. The third-order valence-electron chi connectivity index (χ3n) is 4.79. The van der Waals surface area contributed by atoms with E-state index in [-0.39, 0.29) is 30.1 Å². The van der Waals surface area contributed by atoms with E-state index in [2.05, 4.69) is 15.7 Å². The molecule has 3 aromatic rings. The Hall–Kier alpha value is -3.52. The van der Waals surface area contributed by atoms with Crippen molar-refractivity contribution in [3.63, 3.8) is 0 Å². The highest BCUT2D eigenvalue weighted by atomic mass is 19.1. The van der Waals surface area contributed by atoms with Gasteiger partial charge < -0.3 is 15.5 Å². The molecule has 0 saturated heterocycles. The summed E-state index contributed by atoms with van der Waals surface area (Å²) in [5.41, 5.74) is 3.45. The number of aromatic nitrogens is 2. The number of hydrogen-bond donors (Lipinski definition) is 2. The van der Waals surface area contributed by atoms with Crippen LogP contribution < -0.4 is 10.6 Å². The first-order valence-corrected chi connectivity index (χ1v) is 10.4. The molecule has 0 aliphatic rings. The number of nitrogens with zero attached hydrogens (tertiary/aromatic N) is 3. The SMILES string of the molecule is CC(C)c1c(C(=O)NCc2cccc(NC(=O)CN(C)C)c2)cnn1-c1ccc(F)cc1. The van der Waals surface area contributed by atoms with Crippen LogP contribution in [-0.4, -0.2) is 47.1 Å². The molecule has 2 aromatic carbocycles. The summed E-state index contributed by atoms with van der Waals surface area (Å²) in [6, 6.07) is 13.3. The van der Waals surface area contributed by atoms with Gasteiger partial charge in [-0.25, -0.2) is 9.07 Å². The minimum absolute atomic E-state index is 0.0264. The number of likely N-dealkylation sites (N-methyl/N-ethyl adjacent to an activating group) is 1. The van der Waals surface area contributed by atoms with Crippen LogP contribution in [0.15, 0.2) is 54.7 Å². The van der Waals surface area contributed by atoms with Crippen molar-refractivity contribution in [3.8, 4) is 5.69 Å². The van der Waals surface area contributed by atoms with E-state index < -0.39 is 0 Å². The van der Waals surface area contributed by atoms with E-state index in [4.69, 9.17) is 0 Å². The molecule has 168 valence electrons. The first-order valence-electron chi connectivity index (χ1n) is 10.4. The third kappa shape index (κ3) is 5.79. The van der Waals surface area contributed by atoms with Crippen molar-refractivity contribution >= 4 is 17.5 Å². The van der Waals surface area contributed by atoms with Gasteiger partial charge in [-0.2, -0.15) is 5.10 Å². The molecule has 0 aliphatic carbocycles. The summed E-state index contributed by atoms with van der Waals surface area (Å²) in [5.74, 6) is -0.654. The molecule has 32 heavy (non-hydrogen) atoms. The molecule has 8 heteroatoms. The van der Waals surface area contributed by atoms with Crippen molar-refractivity contribution in [1.29, 1.82) is 0 Å². The number of hydrogen-bond acceptors (Lipinski definition) is 4. The lowest BCUT2D eigenvalue weighted by molar-refractivity contribution is -0.116. The van der Waals surface area contributed by atoms with E-state index in [0.29, 0.717) is 23.5 Å². The second kappa shape index (κ2) is 10.2. The number of nitrogens with one attached hydrogen (secondary N) is 2. The number of carbonyl (C=O) groups excluding carboxylic acids is 2. The zero-order valence-corrected chi connectivity index (χ0v) is 18.7.